The molecule has 0 unspecified atom stereocenters. The number of rotatable bonds is 3. The molecule has 2 heterocycles. The Balaban J connectivity index is 1.68. The highest BCUT2D eigenvalue weighted by Gasteiger charge is 2.24. The SMILES string of the molecule is CC(=O)N1CCC(N[C@H](C)c2oc3ccccc3c2C)CC1. The summed E-state index contributed by atoms with van der Waals surface area (Å²) in [6, 6.07) is 8.80. The average molecular weight is 300 g/mol. The van der Waals surface area contributed by atoms with Crippen molar-refractivity contribution in [3.05, 3.63) is 35.6 Å². The van der Waals surface area contributed by atoms with Crippen LogP contribution >= 0.6 is 0 Å². The first-order chi connectivity index (χ1) is 10.6. The van der Waals surface area contributed by atoms with Crippen molar-refractivity contribution in [2.45, 2.75) is 45.7 Å². The van der Waals surface area contributed by atoms with Crippen molar-refractivity contribution in [2.24, 2.45) is 0 Å². The average Bonchev–Trinajstić information content (AvgIpc) is 2.85. The molecule has 0 aliphatic carbocycles. The Kier molecular flexibility index (Phi) is 4.21. The number of carbonyl (C=O) groups is 1. The summed E-state index contributed by atoms with van der Waals surface area (Å²) in [5.74, 6) is 1.20. The van der Waals surface area contributed by atoms with Gasteiger partial charge in [0.25, 0.3) is 0 Å². The number of hydrogen-bond donors (Lipinski definition) is 1. The monoisotopic (exact) mass is 300 g/mol. The van der Waals surface area contributed by atoms with E-state index in [1.807, 2.05) is 23.1 Å². The van der Waals surface area contributed by atoms with Crippen LogP contribution in [0.25, 0.3) is 11.0 Å². The van der Waals surface area contributed by atoms with E-state index in [4.69, 9.17) is 4.42 Å². The number of nitrogens with one attached hydrogen (secondary N) is 1. The first-order valence-electron chi connectivity index (χ1n) is 8.06. The lowest BCUT2D eigenvalue weighted by Crippen LogP contribution is -2.44. The molecular formula is C18H24N2O2. The fraction of sp³-hybridized carbons (Fsp3) is 0.500. The topological polar surface area (TPSA) is 45.5 Å². The van der Waals surface area contributed by atoms with E-state index in [2.05, 4.69) is 25.2 Å². The Morgan fingerprint density at radius 3 is 2.64 bits per heavy atom. The zero-order valence-electron chi connectivity index (χ0n) is 13.6. The van der Waals surface area contributed by atoms with Gasteiger partial charge in [-0.25, -0.2) is 0 Å². The molecule has 3 rings (SSSR count). The normalized spacial score (nSPS) is 17.9. The third-order valence-corrected chi connectivity index (χ3v) is 4.70. The van der Waals surface area contributed by atoms with Crippen LogP contribution in [0.1, 0.15) is 44.1 Å². The number of likely N-dealkylation sites (tertiary alicyclic amines) is 1. The fourth-order valence-electron chi connectivity index (χ4n) is 3.40. The summed E-state index contributed by atoms with van der Waals surface area (Å²) in [6.07, 6.45) is 2.01. The van der Waals surface area contributed by atoms with E-state index in [9.17, 15) is 4.79 Å². The van der Waals surface area contributed by atoms with Crippen LogP contribution in [0.5, 0.6) is 0 Å². The zero-order valence-corrected chi connectivity index (χ0v) is 13.6. The number of fused-ring (bicyclic) bond motifs is 1. The molecule has 22 heavy (non-hydrogen) atoms. The molecule has 1 aliphatic rings. The van der Waals surface area contributed by atoms with Gasteiger partial charge in [0.1, 0.15) is 11.3 Å². The molecule has 1 aliphatic heterocycles. The van der Waals surface area contributed by atoms with Crippen LogP contribution in [0, 0.1) is 6.92 Å². The number of hydrogen-bond acceptors (Lipinski definition) is 3. The molecule has 0 saturated carbocycles. The van der Waals surface area contributed by atoms with Crippen LogP contribution in [0.3, 0.4) is 0 Å². The van der Waals surface area contributed by atoms with Crippen molar-refractivity contribution in [1.82, 2.24) is 10.2 Å². The van der Waals surface area contributed by atoms with Gasteiger partial charge in [0.15, 0.2) is 0 Å². The zero-order chi connectivity index (χ0) is 15.7. The summed E-state index contributed by atoms with van der Waals surface area (Å²) in [7, 11) is 0. The Hall–Kier alpha value is -1.81. The Morgan fingerprint density at radius 2 is 2.00 bits per heavy atom. The smallest absolute Gasteiger partial charge is 0.219 e. The maximum Gasteiger partial charge on any atom is 0.219 e. The second-order valence-corrected chi connectivity index (χ2v) is 6.26. The van der Waals surface area contributed by atoms with Crippen molar-refractivity contribution in [2.75, 3.05) is 13.1 Å². The van der Waals surface area contributed by atoms with Gasteiger partial charge in [0.2, 0.25) is 5.91 Å². The number of amides is 1. The van der Waals surface area contributed by atoms with Gasteiger partial charge >= 0.3 is 0 Å². The quantitative estimate of drug-likeness (QED) is 0.945. The molecule has 1 atom stereocenters. The highest BCUT2D eigenvalue weighted by Crippen LogP contribution is 2.29. The van der Waals surface area contributed by atoms with E-state index < -0.39 is 0 Å². The van der Waals surface area contributed by atoms with Gasteiger partial charge in [-0.1, -0.05) is 18.2 Å². The van der Waals surface area contributed by atoms with Crippen molar-refractivity contribution < 1.29 is 9.21 Å². The van der Waals surface area contributed by atoms with E-state index in [-0.39, 0.29) is 11.9 Å². The lowest BCUT2D eigenvalue weighted by Gasteiger charge is -2.33. The van der Waals surface area contributed by atoms with E-state index in [0.717, 1.165) is 37.3 Å². The van der Waals surface area contributed by atoms with Crippen LogP contribution in [-0.2, 0) is 4.79 Å². The maximum atomic E-state index is 11.4. The molecule has 1 saturated heterocycles. The molecule has 118 valence electrons. The molecule has 0 radical (unpaired) electrons. The van der Waals surface area contributed by atoms with Gasteiger partial charge in [-0.3, -0.25) is 4.79 Å². The van der Waals surface area contributed by atoms with Gasteiger partial charge < -0.3 is 14.6 Å². The lowest BCUT2D eigenvalue weighted by molar-refractivity contribution is -0.129. The second kappa shape index (κ2) is 6.13. The Bertz CT molecular complexity index is 669. The number of furan rings is 1. The third-order valence-electron chi connectivity index (χ3n) is 4.70. The van der Waals surface area contributed by atoms with Crippen LogP contribution < -0.4 is 5.32 Å². The molecule has 2 aromatic rings. The van der Waals surface area contributed by atoms with Crippen molar-refractivity contribution >= 4 is 16.9 Å². The lowest BCUT2D eigenvalue weighted by atomic mass is 10.0. The highest BCUT2D eigenvalue weighted by atomic mass is 16.3. The summed E-state index contributed by atoms with van der Waals surface area (Å²) in [6.45, 7) is 7.62. The highest BCUT2D eigenvalue weighted by molar-refractivity contribution is 5.82. The minimum atomic E-state index is 0.180. The molecule has 1 N–H and O–H groups in total. The van der Waals surface area contributed by atoms with Gasteiger partial charge in [-0.15, -0.1) is 0 Å². The molecule has 0 spiro atoms. The van der Waals surface area contributed by atoms with Crippen molar-refractivity contribution in [3.63, 3.8) is 0 Å². The predicted molar refractivity (Wildman–Crippen MR) is 87.8 cm³/mol. The second-order valence-electron chi connectivity index (χ2n) is 6.26. The van der Waals surface area contributed by atoms with Gasteiger partial charge in [0.05, 0.1) is 6.04 Å². The van der Waals surface area contributed by atoms with E-state index >= 15 is 0 Å². The largest absolute Gasteiger partial charge is 0.459 e. The van der Waals surface area contributed by atoms with Crippen molar-refractivity contribution in [1.29, 1.82) is 0 Å². The van der Waals surface area contributed by atoms with Gasteiger partial charge in [-0.2, -0.15) is 0 Å². The molecule has 1 aromatic carbocycles. The summed E-state index contributed by atoms with van der Waals surface area (Å²) in [4.78, 5) is 13.3. The predicted octanol–water partition coefficient (Wildman–Crippen LogP) is 3.40. The first kappa shape index (κ1) is 15.1. The van der Waals surface area contributed by atoms with Crippen molar-refractivity contribution in [3.8, 4) is 0 Å². The molecule has 4 heteroatoms. The fourth-order valence-corrected chi connectivity index (χ4v) is 3.40. The number of carbonyl (C=O) groups excluding carboxylic acids is 1. The van der Waals surface area contributed by atoms with Crippen LogP contribution in [0.4, 0.5) is 0 Å². The molecule has 0 bridgehead atoms. The summed E-state index contributed by atoms with van der Waals surface area (Å²) in [5.41, 5.74) is 2.17. The summed E-state index contributed by atoms with van der Waals surface area (Å²) < 4.78 is 6.03. The van der Waals surface area contributed by atoms with Crippen LogP contribution in [0.2, 0.25) is 0 Å². The Morgan fingerprint density at radius 1 is 1.32 bits per heavy atom. The van der Waals surface area contributed by atoms with E-state index in [1.165, 1.54) is 10.9 Å². The molecular weight excluding hydrogens is 276 g/mol. The van der Waals surface area contributed by atoms with Crippen LogP contribution in [-0.4, -0.2) is 29.9 Å². The van der Waals surface area contributed by atoms with E-state index in [0.29, 0.717) is 6.04 Å². The molecule has 1 aromatic heterocycles. The standard InChI is InChI=1S/C18H24N2O2/c1-12-16-6-4-5-7-17(16)22-18(12)13(2)19-15-8-10-20(11-9-15)14(3)21/h4-7,13,15,19H,8-11H2,1-3H3/t13-/m1/s1. The van der Waals surface area contributed by atoms with Gasteiger partial charge in [-0.05, 0) is 38.3 Å². The number of aryl methyl sites for hydroxylation is 1. The number of piperidine rings is 1. The minimum absolute atomic E-state index is 0.180. The Labute approximate surface area is 131 Å². The molecule has 1 fully saturated rings. The number of para-hydroxylation sites is 1. The molecule has 1 amide bonds. The maximum absolute atomic E-state index is 11.4. The first-order valence-corrected chi connectivity index (χ1v) is 8.06. The summed E-state index contributed by atoms with van der Waals surface area (Å²) >= 11 is 0. The third kappa shape index (κ3) is 2.88. The van der Waals surface area contributed by atoms with Gasteiger partial charge in [0, 0.05) is 31.4 Å². The van der Waals surface area contributed by atoms with E-state index in [1.54, 1.807) is 6.92 Å². The number of nitrogens with zero attached hydrogens (tertiary/aromatic N) is 1. The van der Waals surface area contributed by atoms with Crippen LogP contribution in [0.15, 0.2) is 28.7 Å². The molecule has 4 nitrogen and oxygen atoms in total. The minimum Gasteiger partial charge on any atom is -0.459 e. The summed E-state index contributed by atoms with van der Waals surface area (Å²) in [5, 5.41) is 4.86. The number of benzene rings is 1.